The highest BCUT2D eigenvalue weighted by atomic mass is 16.6. The SMILES string of the molecule is COC(=O)[C@H]1N=C(c2ccc(OC)cc2)O[C@H]1c1cccc([N+](=O)[O-])c1. The van der Waals surface area contributed by atoms with Crippen molar-refractivity contribution in [3.63, 3.8) is 0 Å². The third kappa shape index (κ3) is 3.34. The first kappa shape index (κ1) is 17.4. The van der Waals surface area contributed by atoms with E-state index in [-0.39, 0.29) is 11.6 Å². The number of nitro groups is 1. The van der Waals surface area contributed by atoms with Gasteiger partial charge in [-0.3, -0.25) is 10.1 Å². The number of methoxy groups -OCH3 is 2. The predicted molar refractivity (Wildman–Crippen MR) is 92.3 cm³/mol. The van der Waals surface area contributed by atoms with E-state index in [9.17, 15) is 14.9 Å². The summed E-state index contributed by atoms with van der Waals surface area (Å²) in [5, 5.41) is 11.0. The van der Waals surface area contributed by atoms with Crippen LogP contribution in [-0.2, 0) is 14.3 Å². The molecule has 0 spiro atoms. The highest BCUT2D eigenvalue weighted by Gasteiger charge is 2.39. The number of nitro benzene ring substituents is 1. The minimum atomic E-state index is -0.945. The number of hydrogen-bond donors (Lipinski definition) is 0. The standard InChI is InChI=1S/C18H16N2O6/c1-24-14-8-6-11(7-9-14)17-19-15(18(21)25-2)16(26-17)12-4-3-5-13(10-12)20(22)23/h3-10,15-16H,1-2H3/t15-,16-/m0/s1. The molecule has 2 atom stereocenters. The molecule has 1 aliphatic heterocycles. The Morgan fingerprint density at radius 3 is 2.54 bits per heavy atom. The zero-order valence-corrected chi connectivity index (χ0v) is 14.1. The summed E-state index contributed by atoms with van der Waals surface area (Å²) >= 11 is 0. The molecule has 3 rings (SSSR count). The Morgan fingerprint density at radius 2 is 1.92 bits per heavy atom. The summed E-state index contributed by atoms with van der Waals surface area (Å²) in [6, 6.07) is 12.0. The third-order valence-electron chi connectivity index (χ3n) is 3.97. The number of ether oxygens (including phenoxy) is 3. The van der Waals surface area contributed by atoms with Crippen molar-refractivity contribution in [1.29, 1.82) is 0 Å². The van der Waals surface area contributed by atoms with E-state index < -0.39 is 23.0 Å². The molecule has 0 unspecified atom stereocenters. The van der Waals surface area contributed by atoms with Gasteiger partial charge in [0.05, 0.1) is 19.1 Å². The summed E-state index contributed by atoms with van der Waals surface area (Å²) < 4.78 is 15.8. The van der Waals surface area contributed by atoms with Gasteiger partial charge in [0.1, 0.15) is 5.75 Å². The molecule has 8 heteroatoms. The molecular weight excluding hydrogens is 340 g/mol. The van der Waals surface area contributed by atoms with Gasteiger partial charge in [0, 0.05) is 23.3 Å². The van der Waals surface area contributed by atoms with Crippen molar-refractivity contribution in [3.8, 4) is 5.75 Å². The molecule has 0 aliphatic carbocycles. The lowest BCUT2D eigenvalue weighted by Crippen LogP contribution is -2.25. The Balaban J connectivity index is 1.94. The van der Waals surface area contributed by atoms with E-state index in [1.54, 1.807) is 37.4 Å². The molecule has 0 aromatic heterocycles. The van der Waals surface area contributed by atoms with Crippen LogP contribution in [-0.4, -0.2) is 37.1 Å². The summed E-state index contributed by atoms with van der Waals surface area (Å²) in [6.07, 6.45) is -0.806. The lowest BCUT2D eigenvalue weighted by Gasteiger charge is -2.16. The minimum Gasteiger partial charge on any atom is -0.497 e. The van der Waals surface area contributed by atoms with Crippen molar-refractivity contribution >= 4 is 17.6 Å². The quantitative estimate of drug-likeness (QED) is 0.464. The maximum Gasteiger partial charge on any atom is 0.335 e. The number of non-ortho nitro benzene ring substituents is 1. The summed E-state index contributed by atoms with van der Waals surface area (Å²) in [7, 11) is 2.82. The van der Waals surface area contributed by atoms with Crippen LogP contribution in [0.4, 0.5) is 5.69 Å². The van der Waals surface area contributed by atoms with Gasteiger partial charge in [-0.1, -0.05) is 12.1 Å². The average molecular weight is 356 g/mol. The van der Waals surface area contributed by atoms with Crippen LogP contribution in [0.5, 0.6) is 5.75 Å². The van der Waals surface area contributed by atoms with Gasteiger partial charge in [-0.2, -0.15) is 0 Å². The minimum absolute atomic E-state index is 0.0902. The molecule has 1 aliphatic rings. The number of rotatable bonds is 5. The molecule has 0 amide bonds. The lowest BCUT2D eigenvalue weighted by atomic mass is 10.0. The molecule has 0 saturated heterocycles. The number of nitrogens with zero attached hydrogens (tertiary/aromatic N) is 2. The van der Waals surface area contributed by atoms with E-state index in [0.717, 1.165) is 0 Å². The lowest BCUT2D eigenvalue weighted by molar-refractivity contribution is -0.385. The molecule has 0 saturated carbocycles. The van der Waals surface area contributed by atoms with Gasteiger partial charge in [0.15, 0.2) is 12.1 Å². The molecule has 0 N–H and O–H groups in total. The molecule has 0 bridgehead atoms. The van der Waals surface area contributed by atoms with Crippen LogP contribution in [0.25, 0.3) is 0 Å². The fraction of sp³-hybridized carbons (Fsp3) is 0.222. The van der Waals surface area contributed by atoms with Crippen LogP contribution in [0.3, 0.4) is 0 Å². The molecular formula is C18H16N2O6. The van der Waals surface area contributed by atoms with Crippen molar-refractivity contribution in [2.45, 2.75) is 12.1 Å². The van der Waals surface area contributed by atoms with Gasteiger partial charge in [0.2, 0.25) is 5.90 Å². The number of hydrogen-bond acceptors (Lipinski definition) is 7. The summed E-state index contributed by atoms with van der Waals surface area (Å²) in [5.74, 6) is 0.358. The highest BCUT2D eigenvalue weighted by Crippen LogP contribution is 2.33. The molecule has 2 aromatic carbocycles. The maximum atomic E-state index is 12.1. The van der Waals surface area contributed by atoms with E-state index in [1.165, 1.54) is 25.3 Å². The summed E-state index contributed by atoms with van der Waals surface area (Å²) in [5.41, 5.74) is 1.04. The molecule has 0 radical (unpaired) electrons. The monoisotopic (exact) mass is 356 g/mol. The normalized spacial score (nSPS) is 18.6. The topological polar surface area (TPSA) is 100 Å². The van der Waals surface area contributed by atoms with E-state index in [0.29, 0.717) is 16.9 Å². The predicted octanol–water partition coefficient (Wildman–Crippen LogP) is 2.66. The van der Waals surface area contributed by atoms with Crippen LogP contribution in [0.15, 0.2) is 53.5 Å². The van der Waals surface area contributed by atoms with Gasteiger partial charge >= 0.3 is 5.97 Å². The van der Waals surface area contributed by atoms with Crippen molar-refractivity contribution in [3.05, 3.63) is 69.8 Å². The van der Waals surface area contributed by atoms with Crippen molar-refractivity contribution in [1.82, 2.24) is 0 Å². The van der Waals surface area contributed by atoms with Crippen LogP contribution in [0.2, 0.25) is 0 Å². The van der Waals surface area contributed by atoms with Crippen molar-refractivity contribution in [2.75, 3.05) is 14.2 Å². The molecule has 0 fully saturated rings. The van der Waals surface area contributed by atoms with Crippen LogP contribution in [0, 0.1) is 10.1 Å². The zero-order valence-electron chi connectivity index (χ0n) is 14.1. The number of carbonyl (C=O) groups excluding carboxylic acids is 1. The third-order valence-corrected chi connectivity index (χ3v) is 3.97. The van der Waals surface area contributed by atoms with Crippen molar-refractivity contribution in [2.24, 2.45) is 4.99 Å². The fourth-order valence-electron chi connectivity index (χ4n) is 2.65. The largest absolute Gasteiger partial charge is 0.497 e. The van der Waals surface area contributed by atoms with E-state index >= 15 is 0 Å². The van der Waals surface area contributed by atoms with Crippen LogP contribution >= 0.6 is 0 Å². The smallest absolute Gasteiger partial charge is 0.335 e. The molecule has 8 nitrogen and oxygen atoms in total. The second kappa shape index (κ2) is 7.22. The Labute approximate surface area is 149 Å². The highest BCUT2D eigenvalue weighted by molar-refractivity contribution is 5.98. The van der Waals surface area contributed by atoms with Gasteiger partial charge in [-0.15, -0.1) is 0 Å². The number of esters is 1. The second-order valence-electron chi connectivity index (χ2n) is 5.52. The van der Waals surface area contributed by atoms with Gasteiger partial charge in [-0.05, 0) is 24.3 Å². The number of aliphatic imine (C=N–C) groups is 1. The van der Waals surface area contributed by atoms with Crippen molar-refractivity contribution < 1.29 is 23.9 Å². The molecule has 1 heterocycles. The van der Waals surface area contributed by atoms with Gasteiger partial charge < -0.3 is 14.2 Å². The van der Waals surface area contributed by atoms with E-state index in [2.05, 4.69) is 4.99 Å². The maximum absolute atomic E-state index is 12.1. The van der Waals surface area contributed by atoms with E-state index in [4.69, 9.17) is 14.2 Å². The van der Waals surface area contributed by atoms with Crippen LogP contribution in [0.1, 0.15) is 17.2 Å². The summed E-state index contributed by atoms with van der Waals surface area (Å²) in [4.78, 5) is 27.0. The first-order valence-electron chi connectivity index (χ1n) is 7.74. The van der Waals surface area contributed by atoms with Gasteiger partial charge in [0.25, 0.3) is 5.69 Å². The molecule has 26 heavy (non-hydrogen) atoms. The first-order chi connectivity index (χ1) is 12.5. The second-order valence-corrected chi connectivity index (χ2v) is 5.52. The Hall–Kier alpha value is -3.42. The molecule has 2 aromatic rings. The average Bonchev–Trinajstić information content (AvgIpc) is 3.13. The van der Waals surface area contributed by atoms with E-state index in [1.807, 2.05) is 0 Å². The number of carbonyl (C=O) groups is 1. The molecule has 134 valence electrons. The fourth-order valence-corrected chi connectivity index (χ4v) is 2.65. The Morgan fingerprint density at radius 1 is 1.19 bits per heavy atom. The van der Waals surface area contributed by atoms with Crippen LogP contribution < -0.4 is 4.74 Å². The Kier molecular flexibility index (Phi) is 4.83. The zero-order chi connectivity index (χ0) is 18.7. The van der Waals surface area contributed by atoms with Gasteiger partial charge in [-0.25, -0.2) is 9.79 Å². The summed E-state index contributed by atoms with van der Waals surface area (Å²) in [6.45, 7) is 0. The number of benzene rings is 2. The Bertz CT molecular complexity index is 862. The first-order valence-corrected chi connectivity index (χ1v) is 7.74.